The van der Waals surface area contributed by atoms with Crippen molar-refractivity contribution in [2.24, 2.45) is 5.41 Å². The van der Waals surface area contributed by atoms with E-state index in [4.69, 9.17) is 22.1 Å². The predicted molar refractivity (Wildman–Crippen MR) is 145 cm³/mol. The van der Waals surface area contributed by atoms with Crippen LogP contribution < -0.4 is 20.7 Å². The van der Waals surface area contributed by atoms with Crippen molar-refractivity contribution in [2.45, 2.75) is 44.5 Å². The molecule has 3 aromatic rings. The largest absolute Gasteiger partial charge is 0.480 e. The number of nitrogen functional groups attached to an aromatic ring is 1. The molecule has 2 atom stereocenters. The molecule has 2 aliphatic heterocycles. The summed E-state index contributed by atoms with van der Waals surface area (Å²) in [6.45, 7) is 3.58. The number of hydrogen-bond donors (Lipinski definition) is 3. The quantitative estimate of drug-likeness (QED) is 0.358. The van der Waals surface area contributed by atoms with Crippen LogP contribution in [0.25, 0.3) is 11.1 Å². The van der Waals surface area contributed by atoms with E-state index in [9.17, 15) is 23.1 Å². The summed E-state index contributed by atoms with van der Waals surface area (Å²) in [4.78, 5) is 21.5. The fourth-order valence-electron chi connectivity index (χ4n) is 5.50. The number of alkyl halides is 3. The van der Waals surface area contributed by atoms with Gasteiger partial charge in [-0.05, 0) is 54.9 Å². The number of ether oxygens (including phenoxy) is 1. The minimum atomic E-state index is -4.78. The van der Waals surface area contributed by atoms with Crippen LogP contribution in [0.3, 0.4) is 0 Å². The molecule has 212 valence electrons. The van der Waals surface area contributed by atoms with E-state index >= 15 is 0 Å². The molecule has 0 aliphatic carbocycles. The Kier molecular flexibility index (Phi) is 7.54. The third kappa shape index (κ3) is 5.95. The molecule has 0 bridgehead atoms. The molecule has 40 heavy (non-hydrogen) atoms. The highest BCUT2D eigenvalue weighted by molar-refractivity contribution is 6.30. The topological polar surface area (TPSA) is 114 Å². The van der Waals surface area contributed by atoms with Crippen LogP contribution >= 0.6 is 11.6 Å². The number of anilines is 2. The molecule has 0 radical (unpaired) electrons. The Bertz CT molecular complexity index is 1390. The van der Waals surface area contributed by atoms with Crippen molar-refractivity contribution in [3.8, 4) is 17.0 Å². The van der Waals surface area contributed by atoms with Gasteiger partial charge < -0.3 is 25.8 Å². The van der Waals surface area contributed by atoms with Gasteiger partial charge in [-0.1, -0.05) is 47.5 Å². The number of nitrogens with zero attached hydrogens (tertiary/aromatic N) is 3. The molecular weight excluding hydrogens is 547 g/mol. The molecule has 2 fully saturated rings. The number of piperidine rings is 1. The fourth-order valence-corrected chi connectivity index (χ4v) is 5.68. The molecule has 5 rings (SSSR count). The zero-order valence-corrected chi connectivity index (χ0v) is 22.5. The van der Waals surface area contributed by atoms with Crippen LogP contribution in [0.5, 0.6) is 5.88 Å². The Balaban J connectivity index is 1.41. The van der Waals surface area contributed by atoms with Gasteiger partial charge in [-0.3, -0.25) is 4.79 Å². The molecule has 4 N–H and O–H groups in total. The lowest BCUT2D eigenvalue weighted by atomic mass is 9.76. The molecular formula is C28H29ClF3N5O3. The Labute approximate surface area is 234 Å². The number of aryl methyl sites for hydroxylation is 1. The first-order valence-corrected chi connectivity index (χ1v) is 13.3. The minimum Gasteiger partial charge on any atom is -0.480 e. The summed E-state index contributed by atoms with van der Waals surface area (Å²) in [5.41, 5.74) is 7.49. The lowest BCUT2D eigenvalue weighted by Crippen LogP contribution is -2.41. The van der Waals surface area contributed by atoms with Gasteiger partial charge in [-0.25, -0.2) is 0 Å². The van der Waals surface area contributed by atoms with Gasteiger partial charge in [0.25, 0.3) is 0 Å². The molecule has 0 amide bonds. The Morgan fingerprint density at radius 2 is 1.88 bits per heavy atom. The second kappa shape index (κ2) is 10.8. The van der Waals surface area contributed by atoms with Crippen molar-refractivity contribution in [1.29, 1.82) is 0 Å². The van der Waals surface area contributed by atoms with Gasteiger partial charge in [-0.15, -0.1) is 0 Å². The van der Waals surface area contributed by atoms with Crippen LogP contribution in [0.4, 0.5) is 24.9 Å². The minimum absolute atomic E-state index is 0.110. The second-order valence-electron chi connectivity index (χ2n) is 10.5. The molecule has 12 heteroatoms. The van der Waals surface area contributed by atoms with Gasteiger partial charge in [0.1, 0.15) is 11.9 Å². The van der Waals surface area contributed by atoms with Gasteiger partial charge in [0, 0.05) is 36.3 Å². The molecule has 8 nitrogen and oxygen atoms in total. The molecule has 3 heterocycles. The summed E-state index contributed by atoms with van der Waals surface area (Å²) < 4.78 is 49.0. The van der Waals surface area contributed by atoms with Crippen LogP contribution in [0, 0.1) is 12.3 Å². The number of carboxylic acids is 1. The van der Waals surface area contributed by atoms with Crippen molar-refractivity contribution in [2.75, 3.05) is 30.3 Å². The Morgan fingerprint density at radius 3 is 2.50 bits per heavy atom. The third-order valence-corrected chi connectivity index (χ3v) is 7.94. The molecule has 1 aromatic heterocycles. The smallest absolute Gasteiger partial charge is 0.429 e. The highest BCUT2D eigenvalue weighted by atomic mass is 35.5. The molecule has 0 saturated carbocycles. The van der Waals surface area contributed by atoms with Crippen molar-refractivity contribution < 1.29 is 27.8 Å². The summed E-state index contributed by atoms with van der Waals surface area (Å²) in [6.07, 6.45) is -5.17. The van der Waals surface area contributed by atoms with E-state index in [1.165, 1.54) is 24.3 Å². The number of benzene rings is 2. The van der Waals surface area contributed by atoms with Gasteiger partial charge in [0.2, 0.25) is 17.9 Å². The van der Waals surface area contributed by atoms with Gasteiger partial charge in [0.05, 0.1) is 0 Å². The highest BCUT2D eigenvalue weighted by Crippen LogP contribution is 2.43. The van der Waals surface area contributed by atoms with Crippen LogP contribution in [0.2, 0.25) is 5.02 Å². The number of nitrogens with two attached hydrogens (primary N) is 1. The number of carbonyl (C=O) groups is 1. The lowest BCUT2D eigenvalue weighted by Gasteiger charge is -2.39. The Hall–Kier alpha value is -3.57. The normalized spacial score (nSPS) is 19.5. The van der Waals surface area contributed by atoms with Crippen LogP contribution in [-0.4, -0.2) is 52.9 Å². The number of aliphatic carboxylic acids is 1. The SMILES string of the molecule is Cc1ccc(-c2cc(Cl)ccc2C(Oc2cc(N3CCC4(CC3)CNC(C(=O)O)C4)nc(N)n2)C(F)(F)F)cc1. The first kappa shape index (κ1) is 28.0. The van der Waals surface area contributed by atoms with Gasteiger partial charge in [0.15, 0.2) is 0 Å². The fraction of sp³-hybridized carbons (Fsp3) is 0.393. The van der Waals surface area contributed by atoms with E-state index in [0.717, 1.165) is 5.56 Å². The average molecular weight is 576 g/mol. The third-order valence-electron chi connectivity index (χ3n) is 7.71. The second-order valence-corrected chi connectivity index (χ2v) is 11.0. The number of nitrogens with one attached hydrogen (secondary N) is 1. The molecule has 1 spiro atoms. The zero-order valence-electron chi connectivity index (χ0n) is 21.7. The summed E-state index contributed by atoms with van der Waals surface area (Å²) in [6, 6.07) is 12.1. The van der Waals surface area contributed by atoms with Crippen molar-refractivity contribution >= 4 is 29.3 Å². The first-order chi connectivity index (χ1) is 18.9. The van der Waals surface area contributed by atoms with E-state index in [0.29, 0.717) is 60.9 Å². The van der Waals surface area contributed by atoms with Crippen molar-refractivity contribution in [3.63, 3.8) is 0 Å². The van der Waals surface area contributed by atoms with E-state index in [1.807, 2.05) is 24.0 Å². The number of carboxylic acid groups (broad SMARTS) is 1. The number of hydrogen-bond acceptors (Lipinski definition) is 7. The molecule has 2 aliphatic rings. The van der Waals surface area contributed by atoms with E-state index in [1.54, 1.807) is 12.1 Å². The summed E-state index contributed by atoms with van der Waals surface area (Å²) >= 11 is 6.18. The zero-order chi connectivity index (χ0) is 28.7. The van der Waals surface area contributed by atoms with Crippen molar-refractivity contribution in [1.82, 2.24) is 15.3 Å². The van der Waals surface area contributed by atoms with Gasteiger partial charge in [-0.2, -0.15) is 23.1 Å². The molecule has 2 aromatic carbocycles. The predicted octanol–water partition coefficient (Wildman–Crippen LogP) is 5.40. The molecule has 2 unspecified atom stereocenters. The van der Waals surface area contributed by atoms with Crippen LogP contribution in [-0.2, 0) is 4.79 Å². The van der Waals surface area contributed by atoms with E-state index in [2.05, 4.69) is 15.3 Å². The summed E-state index contributed by atoms with van der Waals surface area (Å²) in [7, 11) is 0. The highest BCUT2D eigenvalue weighted by Gasteiger charge is 2.46. The van der Waals surface area contributed by atoms with Crippen LogP contribution in [0.1, 0.15) is 36.5 Å². The Morgan fingerprint density at radius 1 is 1.18 bits per heavy atom. The number of aromatic nitrogens is 2. The van der Waals surface area contributed by atoms with Gasteiger partial charge >= 0.3 is 12.1 Å². The lowest BCUT2D eigenvalue weighted by molar-refractivity contribution is -0.198. The maximum absolute atomic E-state index is 14.5. The molecule has 2 saturated heterocycles. The van der Waals surface area contributed by atoms with Crippen LogP contribution in [0.15, 0.2) is 48.5 Å². The first-order valence-electron chi connectivity index (χ1n) is 12.9. The van der Waals surface area contributed by atoms with E-state index < -0.39 is 24.3 Å². The van der Waals surface area contributed by atoms with Crippen molar-refractivity contribution in [3.05, 3.63) is 64.7 Å². The average Bonchev–Trinajstić information content (AvgIpc) is 3.31. The van der Waals surface area contributed by atoms with E-state index in [-0.39, 0.29) is 22.8 Å². The monoisotopic (exact) mass is 575 g/mol. The number of halogens is 4. The summed E-state index contributed by atoms with van der Waals surface area (Å²) in [5, 5.41) is 12.7. The standard InChI is InChI=1S/C28H29ClF3N5O3/c1-16-2-4-17(5-3-16)20-12-18(29)6-7-19(20)24(28(30,31)32)40-23-13-22(35-26(33)36-23)37-10-8-27(9-11-37)14-21(25(38)39)34-15-27/h2-7,12-13,21,24,34H,8-11,14-15H2,1H3,(H,38,39)(H2,33,35,36). The summed E-state index contributed by atoms with van der Waals surface area (Å²) in [5.74, 6) is -1.02. The maximum atomic E-state index is 14.5. The maximum Gasteiger partial charge on any atom is 0.429 e. The number of rotatable bonds is 6.